The summed E-state index contributed by atoms with van der Waals surface area (Å²) in [4.78, 5) is 26.2. The number of carbonyl (C=O) groups excluding carboxylic acids is 1. The van der Waals surface area contributed by atoms with Crippen molar-refractivity contribution in [2.24, 2.45) is 7.05 Å². The maximum absolute atomic E-state index is 13.4. The first kappa shape index (κ1) is 25.3. The number of thiophene rings is 1. The third-order valence-corrected chi connectivity index (χ3v) is 8.27. The van der Waals surface area contributed by atoms with Gasteiger partial charge in [0.15, 0.2) is 0 Å². The molecule has 1 amide bonds. The number of aliphatic hydroxyl groups is 1. The van der Waals surface area contributed by atoms with Crippen molar-refractivity contribution in [3.8, 4) is 10.6 Å². The van der Waals surface area contributed by atoms with E-state index in [0.29, 0.717) is 29.6 Å². The molecule has 37 heavy (non-hydrogen) atoms. The quantitative estimate of drug-likeness (QED) is 0.291. The molecule has 1 atom stereocenters. The van der Waals surface area contributed by atoms with Crippen molar-refractivity contribution in [1.82, 2.24) is 30.0 Å². The number of aryl methyl sites for hydroxylation is 1. The van der Waals surface area contributed by atoms with Gasteiger partial charge in [0.05, 0.1) is 40.5 Å². The summed E-state index contributed by atoms with van der Waals surface area (Å²) in [5, 5.41) is 21.2. The van der Waals surface area contributed by atoms with Crippen LogP contribution in [0.4, 0.5) is 11.8 Å². The second kappa shape index (κ2) is 10.2. The number of anilines is 2. The number of nitrogens with one attached hydrogen (secondary N) is 2. The molecule has 0 fully saturated rings. The molecule has 1 aliphatic rings. The molecule has 0 radical (unpaired) electrons. The lowest BCUT2D eigenvalue weighted by atomic mass is 10.0. The van der Waals surface area contributed by atoms with Crippen LogP contribution in [0.1, 0.15) is 40.7 Å². The highest BCUT2D eigenvalue weighted by Gasteiger charge is 2.44. The van der Waals surface area contributed by atoms with Gasteiger partial charge in [0, 0.05) is 42.3 Å². The van der Waals surface area contributed by atoms with E-state index in [4.69, 9.17) is 11.6 Å². The third kappa shape index (κ3) is 4.97. The Morgan fingerprint density at radius 1 is 1.19 bits per heavy atom. The summed E-state index contributed by atoms with van der Waals surface area (Å²) in [6.45, 7) is 5.10. The maximum atomic E-state index is 13.4. The summed E-state index contributed by atoms with van der Waals surface area (Å²) < 4.78 is 1.71. The van der Waals surface area contributed by atoms with Gasteiger partial charge in [-0.25, -0.2) is 9.97 Å². The van der Waals surface area contributed by atoms with Gasteiger partial charge in [-0.05, 0) is 43.7 Å². The number of hydrogen-bond acceptors (Lipinski definition) is 8. The van der Waals surface area contributed by atoms with Crippen LogP contribution < -0.4 is 10.6 Å². The Bertz CT molecular complexity index is 1430. The minimum absolute atomic E-state index is 0.00473. The van der Waals surface area contributed by atoms with Crippen LogP contribution in [0, 0.1) is 0 Å². The number of benzene rings is 1. The Hall–Kier alpha value is -3.31. The Balaban J connectivity index is 1.29. The minimum Gasteiger partial charge on any atom is -0.394 e. The van der Waals surface area contributed by atoms with E-state index in [2.05, 4.69) is 39.5 Å². The Kier molecular flexibility index (Phi) is 7.00. The van der Waals surface area contributed by atoms with Crippen LogP contribution in [0.5, 0.6) is 0 Å². The smallest absolute Gasteiger partial charge is 0.255 e. The summed E-state index contributed by atoms with van der Waals surface area (Å²) in [5.74, 6) is 1.24. The fraction of sp³-hybridized carbons (Fsp3) is 0.308. The second-order valence-electron chi connectivity index (χ2n) is 9.34. The molecular weight excluding hydrogens is 510 g/mol. The zero-order valence-electron chi connectivity index (χ0n) is 20.8. The molecule has 3 N–H and O–H groups in total. The zero-order valence-corrected chi connectivity index (χ0v) is 22.3. The molecule has 0 bridgehead atoms. The summed E-state index contributed by atoms with van der Waals surface area (Å²) >= 11 is 7.69. The van der Waals surface area contributed by atoms with Gasteiger partial charge in [-0.3, -0.25) is 9.48 Å². The maximum Gasteiger partial charge on any atom is 0.255 e. The first-order chi connectivity index (χ1) is 17.8. The number of aliphatic hydroxyl groups excluding tert-OH is 1. The van der Waals surface area contributed by atoms with E-state index in [1.165, 1.54) is 0 Å². The summed E-state index contributed by atoms with van der Waals surface area (Å²) in [5.41, 5.74) is 1.90. The van der Waals surface area contributed by atoms with Gasteiger partial charge in [0.1, 0.15) is 5.82 Å². The predicted molar refractivity (Wildman–Crippen MR) is 145 cm³/mol. The van der Waals surface area contributed by atoms with Crippen molar-refractivity contribution < 1.29 is 9.90 Å². The van der Waals surface area contributed by atoms with Crippen LogP contribution >= 0.6 is 22.9 Å². The number of nitrogens with zero attached hydrogens (tertiary/aromatic N) is 5. The van der Waals surface area contributed by atoms with Crippen LogP contribution in [0.25, 0.3) is 10.6 Å². The van der Waals surface area contributed by atoms with E-state index in [-0.39, 0.29) is 18.6 Å². The largest absolute Gasteiger partial charge is 0.394 e. The Morgan fingerprint density at radius 3 is 2.73 bits per heavy atom. The zero-order chi connectivity index (χ0) is 26.2. The van der Waals surface area contributed by atoms with Crippen molar-refractivity contribution in [2.75, 3.05) is 25.0 Å². The molecule has 1 aliphatic heterocycles. The van der Waals surface area contributed by atoms with Gasteiger partial charge in [-0.1, -0.05) is 23.7 Å². The number of amides is 1. The molecule has 0 unspecified atom stereocenters. The highest BCUT2D eigenvalue weighted by atomic mass is 35.5. The molecule has 0 spiro atoms. The number of carbonyl (C=O) groups is 1. The average molecular weight is 538 g/mol. The molecule has 0 saturated carbocycles. The van der Waals surface area contributed by atoms with Crippen molar-refractivity contribution >= 4 is 40.6 Å². The minimum atomic E-state index is -0.468. The predicted octanol–water partition coefficient (Wildman–Crippen LogP) is 4.35. The summed E-state index contributed by atoms with van der Waals surface area (Å²) in [6.07, 6.45) is 3.40. The van der Waals surface area contributed by atoms with Crippen molar-refractivity contribution in [3.05, 3.63) is 75.9 Å². The fourth-order valence-corrected chi connectivity index (χ4v) is 5.99. The highest BCUT2D eigenvalue weighted by molar-refractivity contribution is 7.16. The first-order valence-electron chi connectivity index (χ1n) is 11.9. The molecule has 0 aliphatic carbocycles. The normalized spacial score (nSPS) is 15.2. The van der Waals surface area contributed by atoms with Crippen LogP contribution in [0.2, 0.25) is 5.02 Å². The van der Waals surface area contributed by atoms with Crippen LogP contribution in [-0.2, 0) is 12.6 Å². The van der Waals surface area contributed by atoms with Gasteiger partial charge >= 0.3 is 0 Å². The molecule has 9 nitrogen and oxygen atoms in total. The topological polar surface area (TPSA) is 108 Å². The molecular formula is C26H28ClN7O2S. The lowest BCUT2D eigenvalue weighted by Crippen LogP contribution is -2.43. The van der Waals surface area contributed by atoms with E-state index in [9.17, 15) is 9.90 Å². The SMILES string of the molecule is Cn1nccc1Nc1nccc(-c2cc3c(s2)C(C)(C)N(CCN[C@H](CO)c2cccc(Cl)c2)C3=O)n1. The number of rotatable bonds is 9. The Morgan fingerprint density at radius 2 is 2.03 bits per heavy atom. The molecule has 3 aromatic heterocycles. The van der Waals surface area contributed by atoms with E-state index >= 15 is 0 Å². The molecule has 11 heteroatoms. The fourth-order valence-electron chi connectivity index (χ4n) is 4.56. The van der Waals surface area contributed by atoms with E-state index in [1.807, 2.05) is 48.3 Å². The lowest BCUT2D eigenvalue weighted by molar-refractivity contribution is 0.0620. The molecule has 192 valence electrons. The van der Waals surface area contributed by atoms with E-state index in [1.54, 1.807) is 34.5 Å². The van der Waals surface area contributed by atoms with Crippen molar-refractivity contribution in [2.45, 2.75) is 25.4 Å². The summed E-state index contributed by atoms with van der Waals surface area (Å²) in [7, 11) is 1.84. The average Bonchev–Trinajstić information content (AvgIpc) is 3.55. The van der Waals surface area contributed by atoms with Crippen LogP contribution in [0.15, 0.2) is 54.9 Å². The van der Waals surface area contributed by atoms with Crippen LogP contribution in [-0.4, -0.2) is 55.4 Å². The molecule has 1 aromatic carbocycles. The number of aromatic nitrogens is 4. The van der Waals surface area contributed by atoms with Gasteiger partial charge in [-0.2, -0.15) is 5.10 Å². The van der Waals surface area contributed by atoms with E-state index < -0.39 is 5.54 Å². The molecule has 5 rings (SSSR count). The third-order valence-electron chi connectivity index (χ3n) is 6.57. The molecule has 4 aromatic rings. The molecule has 0 saturated heterocycles. The number of hydrogen-bond donors (Lipinski definition) is 3. The second-order valence-corrected chi connectivity index (χ2v) is 10.8. The van der Waals surface area contributed by atoms with Gasteiger partial charge in [0.25, 0.3) is 5.91 Å². The van der Waals surface area contributed by atoms with Gasteiger partial charge < -0.3 is 20.6 Å². The monoisotopic (exact) mass is 537 g/mol. The van der Waals surface area contributed by atoms with Crippen molar-refractivity contribution in [1.29, 1.82) is 0 Å². The number of fused-ring (bicyclic) bond motifs is 1. The number of halogens is 1. The first-order valence-corrected chi connectivity index (χ1v) is 13.1. The van der Waals surface area contributed by atoms with Gasteiger partial charge in [0.2, 0.25) is 5.95 Å². The van der Waals surface area contributed by atoms with E-state index in [0.717, 1.165) is 26.8 Å². The van der Waals surface area contributed by atoms with Crippen LogP contribution in [0.3, 0.4) is 0 Å². The van der Waals surface area contributed by atoms with Gasteiger partial charge in [-0.15, -0.1) is 11.3 Å². The lowest BCUT2D eigenvalue weighted by Gasteiger charge is -2.32. The van der Waals surface area contributed by atoms with Crippen molar-refractivity contribution in [3.63, 3.8) is 0 Å². The standard InChI is InChI=1S/C26H28ClN7O2S/c1-26(2)23-18(24(36)34(26)12-11-28-20(15-35)16-5-4-6-17(27)13-16)14-21(37-23)19-7-9-29-25(31-19)32-22-8-10-30-33(22)3/h4-10,13-14,20,28,35H,11-12,15H2,1-3H3,(H,29,31,32)/t20-/m1/s1. The Labute approximate surface area is 224 Å². The highest BCUT2D eigenvalue weighted by Crippen LogP contribution is 2.45. The molecule has 4 heterocycles. The summed E-state index contributed by atoms with van der Waals surface area (Å²) in [6, 6.07) is 12.8.